The summed E-state index contributed by atoms with van der Waals surface area (Å²) in [4.78, 5) is 72.8. The van der Waals surface area contributed by atoms with Crippen LogP contribution in [0.4, 0.5) is 0 Å². The number of aliphatic hydroxyl groups is 1. The molecule has 19 heteroatoms. The highest BCUT2D eigenvalue weighted by Gasteiger charge is 2.30. The molecule has 0 spiro atoms. The first kappa shape index (κ1) is 93.1. The summed E-state index contributed by atoms with van der Waals surface area (Å²) < 4.78 is 68.5. The molecule has 0 aromatic rings. The molecule has 0 amide bonds. The van der Waals surface area contributed by atoms with Crippen LogP contribution in [0.3, 0.4) is 0 Å². The fourth-order valence-electron chi connectivity index (χ4n) is 11.6. The summed E-state index contributed by atoms with van der Waals surface area (Å²) in [6.07, 6.45) is 55.5. The van der Waals surface area contributed by atoms with Gasteiger partial charge in [0.2, 0.25) is 0 Å². The predicted octanol–water partition coefficient (Wildman–Crippen LogP) is 22.3. The fraction of sp³-hybridized carbons (Fsp3) is 0.947. The van der Waals surface area contributed by atoms with Crippen LogP contribution in [0.25, 0.3) is 0 Å². The minimum absolute atomic E-state index is 0.106. The highest BCUT2D eigenvalue weighted by Crippen LogP contribution is 2.45. The van der Waals surface area contributed by atoms with Gasteiger partial charge in [0, 0.05) is 25.7 Å². The quantitative estimate of drug-likeness (QED) is 0.0222. The lowest BCUT2D eigenvalue weighted by Gasteiger charge is -2.21. The van der Waals surface area contributed by atoms with E-state index in [1.54, 1.807) is 0 Å². The molecule has 0 aliphatic carbocycles. The Labute approximate surface area is 581 Å². The van der Waals surface area contributed by atoms with Crippen LogP contribution in [0, 0.1) is 11.8 Å². The number of phosphoric ester groups is 2. The molecule has 0 aliphatic heterocycles. The number of unbranched alkanes of at least 4 members (excludes halogenated alkanes) is 44. The van der Waals surface area contributed by atoms with Crippen molar-refractivity contribution in [2.75, 3.05) is 39.6 Å². The standard InChI is InChI=1S/C76H148O17P2/c1-7-10-12-14-16-18-20-22-23-24-25-26-27-28-32-37-41-49-55-61-76(81)92-71(64-86-73(78)58-52-46-39-35-33-29-30-34-38-44-50-56-68(4)5)66-90-94(82,83)88-62-70(77)63-89-95(84,85)91-67-72(65-87-74(79)59-53-47-43-42-45-51-57-69(6)9-3)93-75(80)60-54-48-40-36-31-21-19-17-15-13-11-8-2/h68-72,77H,7-67H2,1-6H3,(H,82,83)(H,84,85)/t69?,70-,71-,72-/m1/s1. The van der Waals surface area contributed by atoms with Gasteiger partial charge in [-0.2, -0.15) is 0 Å². The molecule has 0 rings (SSSR count). The van der Waals surface area contributed by atoms with Crippen molar-refractivity contribution in [2.24, 2.45) is 11.8 Å². The van der Waals surface area contributed by atoms with Gasteiger partial charge in [0.25, 0.3) is 0 Å². The summed E-state index contributed by atoms with van der Waals surface area (Å²) in [5, 5.41) is 10.6. The molecule has 0 saturated carbocycles. The molecule has 564 valence electrons. The van der Waals surface area contributed by atoms with E-state index in [2.05, 4.69) is 41.5 Å². The predicted molar refractivity (Wildman–Crippen MR) is 386 cm³/mol. The fourth-order valence-corrected chi connectivity index (χ4v) is 13.2. The van der Waals surface area contributed by atoms with Gasteiger partial charge in [-0.1, -0.05) is 343 Å². The Balaban J connectivity index is 5.23. The lowest BCUT2D eigenvalue weighted by atomic mass is 10.00. The summed E-state index contributed by atoms with van der Waals surface area (Å²) in [5.74, 6) is -0.614. The lowest BCUT2D eigenvalue weighted by molar-refractivity contribution is -0.161. The number of hydrogen-bond acceptors (Lipinski definition) is 15. The largest absolute Gasteiger partial charge is 0.472 e. The van der Waals surface area contributed by atoms with Gasteiger partial charge in [0.1, 0.15) is 19.3 Å². The third-order valence-corrected chi connectivity index (χ3v) is 20.0. The first-order valence-corrected chi connectivity index (χ1v) is 42.5. The maximum absolute atomic E-state index is 13.1. The van der Waals surface area contributed by atoms with Crippen LogP contribution in [0.5, 0.6) is 0 Å². The minimum Gasteiger partial charge on any atom is -0.462 e. The van der Waals surface area contributed by atoms with E-state index in [1.807, 2.05) is 0 Å². The van der Waals surface area contributed by atoms with Crippen molar-refractivity contribution < 1.29 is 80.2 Å². The maximum Gasteiger partial charge on any atom is 0.472 e. The van der Waals surface area contributed by atoms with E-state index in [-0.39, 0.29) is 25.7 Å². The zero-order valence-electron chi connectivity index (χ0n) is 62.0. The normalized spacial score (nSPS) is 14.3. The van der Waals surface area contributed by atoms with E-state index >= 15 is 0 Å². The summed E-state index contributed by atoms with van der Waals surface area (Å²) in [7, 11) is -9.91. The number of carbonyl (C=O) groups is 4. The molecule has 0 bridgehead atoms. The first-order valence-electron chi connectivity index (χ1n) is 39.5. The number of esters is 4. The average Bonchev–Trinajstić information content (AvgIpc) is 2.49. The van der Waals surface area contributed by atoms with Crippen LogP contribution in [0.15, 0.2) is 0 Å². The van der Waals surface area contributed by atoms with Gasteiger partial charge >= 0.3 is 39.5 Å². The highest BCUT2D eigenvalue weighted by molar-refractivity contribution is 7.47. The molecular formula is C76H148O17P2. The SMILES string of the molecule is CCCCCCCCCCCCCCCCCCCCCC(=O)O[C@H](COC(=O)CCCCCCCCCCCCCC(C)C)COP(=O)(O)OC[C@@H](O)COP(=O)(O)OC[C@@H](COC(=O)CCCCCCCCC(C)CC)OC(=O)CCCCCCCCCCCCCC. The van der Waals surface area contributed by atoms with Crippen molar-refractivity contribution in [3.05, 3.63) is 0 Å². The van der Waals surface area contributed by atoms with E-state index < -0.39 is 97.5 Å². The van der Waals surface area contributed by atoms with E-state index in [1.165, 1.54) is 205 Å². The summed E-state index contributed by atoms with van der Waals surface area (Å²) in [5.41, 5.74) is 0. The Hall–Kier alpha value is -1.94. The molecule has 0 aromatic carbocycles. The second-order valence-electron chi connectivity index (χ2n) is 28.1. The van der Waals surface area contributed by atoms with Crippen molar-refractivity contribution in [3.8, 4) is 0 Å². The molecule has 17 nitrogen and oxygen atoms in total. The van der Waals surface area contributed by atoms with Gasteiger partial charge in [0.05, 0.1) is 26.4 Å². The van der Waals surface area contributed by atoms with Crippen molar-refractivity contribution in [2.45, 2.75) is 413 Å². The molecule has 0 saturated heterocycles. The van der Waals surface area contributed by atoms with Crippen LogP contribution in [0.1, 0.15) is 395 Å². The number of aliphatic hydroxyl groups excluding tert-OH is 1. The average molecular weight is 1400 g/mol. The number of hydrogen-bond donors (Lipinski definition) is 3. The smallest absolute Gasteiger partial charge is 0.462 e. The van der Waals surface area contributed by atoms with Crippen molar-refractivity contribution >= 4 is 39.5 Å². The van der Waals surface area contributed by atoms with Crippen molar-refractivity contribution in [3.63, 3.8) is 0 Å². The zero-order chi connectivity index (χ0) is 70.0. The second-order valence-corrected chi connectivity index (χ2v) is 31.0. The molecule has 6 atom stereocenters. The van der Waals surface area contributed by atoms with Crippen molar-refractivity contribution in [1.29, 1.82) is 0 Å². The minimum atomic E-state index is -4.96. The van der Waals surface area contributed by atoms with Crippen LogP contribution >= 0.6 is 15.6 Å². The van der Waals surface area contributed by atoms with E-state index in [4.69, 9.17) is 37.0 Å². The number of rotatable bonds is 75. The topological polar surface area (TPSA) is 237 Å². The van der Waals surface area contributed by atoms with Crippen molar-refractivity contribution in [1.82, 2.24) is 0 Å². The van der Waals surface area contributed by atoms with Gasteiger partial charge < -0.3 is 33.8 Å². The van der Waals surface area contributed by atoms with Crippen LogP contribution in [-0.2, 0) is 65.4 Å². The van der Waals surface area contributed by atoms with Gasteiger partial charge in [-0.05, 0) is 37.5 Å². The Bertz CT molecular complexity index is 1840. The summed E-state index contributed by atoms with van der Waals surface area (Å²) in [6, 6.07) is 0. The second kappa shape index (κ2) is 67.9. The summed E-state index contributed by atoms with van der Waals surface area (Å²) in [6.45, 7) is 9.56. The highest BCUT2D eigenvalue weighted by atomic mass is 31.2. The number of carbonyl (C=O) groups excluding carboxylic acids is 4. The molecule has 0 aliphatic rings. The Morgan fingerprint density at radius 1 is 0.305 bits per heavy atom. The van der Waals surface area contributed by atoms with Gasteiger partial charge in [-0.15, -0.1) is 0 Å². The third-order valence-electron chi connectivity index (χ3n) is 18.1. The van der Waals surface area contributed by atoms with Crippen LogP contribution in [0.2, 0.25) is 0 Å². The van der Waals surface area contributed by atoms with Gasteiger partial charge in [-0.25, -0.2) is 9.13 Å². The molecule has 3 N–H and O–H groups in total. The monoisotopic (exact) mass is 1400 g/mol. The first-order chi connectivity index (χ1) is 45.9. The van der Waals surface area contributed by atoms with E-state index in [0.29, 0.717) is 25.7 Å². The number of ether oxygens (including phenoxy) is 4. The molecule has 95 heavy (non-hydrogen) atoms. The third kappa shape index (κ3) is 69.0. The van der Waals surface area contributed by atoms with E-state index in [9.17, 15) is 43.2 Å². The molecule has 0 fully saturated rings. The molecule has 0 radical (unpaired) electrons. The Morgan fingerprint density at radius 2 is 0.537 bits per heavy atom. The molecule has 0 aromatic heterocycles. The van der Waals surface area contributed by atoms with E-state index in [0.717, 1.165) is 108 Å². The number of phosphoric acid groups is 2. The maximum atomic E-state index is 13.1. The van der Waals surface area contributed by atoms with Crippen LogP contribution < -0.4 is 0 Å². The molecule has 3 unspecified atom stereocenters. The molecule has 0 heterocycles. The molecular weight excluding hydrogens is 1250 g/mol. The van der Waals surface area contributed by atoms with Gasteiger partial charge in [-0.3, -0.25) is 37.3 Å². The summed E-state index contributed by atoms with van der Waals surface area (Å²) >= 11 is 0. The van der Waals surface area contributed by atoms with Gasteiger partial charge in [0.15, 0.2) is 12.2 Å². The zero-order valence-corrected chi connectivity index (χ0v) is 63.8. The lowest BCUT2D eigenvalue weighted by Crippen LogP contribution is -2.30. The van der Waals surface area contributed by atoms with Crippen LogP contribution in [-0.4, -0.2) is 96.7 Å². The Kier molecular flexibility index (Phi) is 66.5. The Morgan fingerprint density at radius 3 is 0.800 bits per heavy atom.